The zero-order valence-corrected chi connectivity index (χ0v) is 15.1. The van der Waals surface area contributed by atoms with Crippen molar-refractivity contribution in [1.82, 2.24) is 14.7 Å². The molecule has 7 nitrogen and oxygen atoms in total. The SMILES string of the molecule is O=C(O)c1nn([C@@H](C(=O)N2CCCC2)c2ccccc2)c(=O)c2ccccc12. The van der Waals surface area contributed by atoms with Crippen LogP contribution < -0.4 is 5.56 Å². The Morgan fingerprint density at radius 1 is 0.929 bits per heavy atom. The van der Waals surface area contributed by atoms with E-state index in [2.05, 4.69) is 5.10 Å². The molecule has 1 aliphatic rings. The van der Waals surface area contributed by atoms with Crippen LogP contribution in [-0.4, -0.2) is 44.8 Å². The van der Waals surface area contributed by atoms with E-state index in [1.165, 1.54) is 0 Å². The lowest BCUT2D eigenvalue weighted by molar-refractivity contribution is -0.132. The Morgan fingerprint density at radius 2 is 1.54 bits per heavy atom. The fraction of sp³-hybridized carbons (Fsp3) is 0.238. The normalized spacial score (nSPS) is 14.9. The number of rotatable bonds is 4. The molecule has 1 fully saturated rings. The number of amides is 1. The van der Waals surface area contributed by atoms with Crippen LogP contribution in [0.1, 0.15) is 34.9 Å². The molecule has 0 bridgehead atoms. The molecule has 1 saturated heterocycles. The van der Waals surface area contributed by atoms with Gasteiger partial charge in [-0.1, -0.05) is 48.5 Å². The molecule has 3 aromatic rings. The number of likely N-dealkylation sites (tertiary alicyclic amines) is 1. The van der Waals surface area contributed by atoms with Crippen LogP contribution in [0.25, 0.3) is 10.8 Å². The highest BCUT2D eigenvalue weighted by Crippen LogP contribution is 2.23. The molecular formula is C21H19N3O4. The summed E-state index contributed by atoms with van der Waals surface area (Å²) < 4.78 is 1.03. The van der Waals surface area contributed by atoms with Crippen molar-refractivity contribution in [1.29, 1.82) is 0 Å². The van der Waals surface area contributed by atoms with Gasteiger partial charge in [0, 0.05) is 18.5 Å². The zero-order chi connectivity index (χ0) is 19.7. The van der Waals surface area contributed by atoms with Crippen molar-refractivity contribution >= 4 is 22.6 Å². The average molecular weight is 377 g/mol. The van der Waals surface area contributed by atoms with Crippen molar-refractivity contribution in [3.05, 3.63) is 76.2 Å². The molecule has 0 unspecified atom stereocenters. The maximum Gasteiger partial charge on any atom is 0.357 e. The van der Waals surface area contributed by atoms with Gasteiger partial charge in [-0.05, 0) is 24.5 Å². The molecule has 1 N–H and O–H groups in total. The minimum absolute atomic E-state index is 0.227. The van der Waals surface area contributed by atoms with Gasteiger partial charge in [0.1, 0.15) is 0 Å². The van der Waals surface area contributed by atoms with Gasteiger partial charge in [-0.25, -0.2) is 9.48 Å². The van der Waals surface area contributed by atoms with E-state index in [1.54, 1.807) is 53.4 Å². The number of benzene rings is 2. The minimum atomic E-state index is -1.25. The van der Waals surface area contributed by atoms with Crippen LogP contribution in [0.4, 0.5) is 0 Å². The first kappa shape index (κ1) is 17.9. The molecule has 2 aromatic carbocycles. The first-order valence-corrected chi connectivity index (χ1v) is 9.16. The van der Waals surface area contributed by atoms with Crippen LogP contribution >= 0.6 is 0 Å². The van der Waals surface area contributed by atoms with Crippen molar-refractivity contribution in [2.45, 2.75) is 18.9 Å². The topological polar surface area (TPSA) is 92.5 Å². The highest BCUT2D eigenvalue weighted by molar-refractivity contribution is 6.01. The first-order valence-electron chi connectivity index (χ1n) is 9.16. The van der Waals surface area contributed by atoms with Crippen molar-refractivity contribution < 1.29 is 14.7 Å². The summed E-state index contributed by atoms with van der Waals surface area (Å²) in [6.45, 7) is 1.24. The van der Waals surface area contributed by atoms with Gasteiger partial charge >= 0.3 is 5.97 Å². The van der Waals surface area contributed by atoms with E-state index < -0.39 is 17.6 Å². The summed E-state index contributed by atoms with van der Waals surface area (Å²) in [5.74, 6) is -1.49. The third-order valence-corrected chi connectivity index (χ3v) is 5.04. The first-order chi connectivity index (χ1) is 13.6. The van der Waals surface area contributed by atoms with Crippen molar-refractivity contribution in [2.24, 2.45) is 0 Å². The standard InChI is InChI=1S/C21H19N3O4/c25-19-16-11-5-4-10-15(16)17(21(27)28)22-24(19)18(14-8-2-1-3-9-14)20(26)23-12-6-7-13-23/h1-5,8-11,18H,6-7,12-13H2,(H,27,28)/t18-/m1/s1. The zero-order valence-electron chi connectivity index (χ0n) is 15.1. The number of carbonyl (C=O) groups excluding carboxylic acids is 1. The summed E-state index contributed by atoms with van der Waals surface area (Å²) in [6, 6.07) is 14.3. The lowest BCUT2D eigenvalue weighted by Crippen LogP contribution is -2.41. The summed E-state index contributed by atoms with van der Waals surface area (Å²) in [7, 11) is 0. The summed E-state index contributed by atoms with van der Waals surface area (Å²) in [6.07, 6.45) is 1.82. The monoisotopic (exact) mass is 377 g/mol. The summed E-state index contributed by atoms with van der Waals surface area (Å²) >= 11 is 0. The van der Waals surface area contributed by atoms with E-state index in [4.69, 9.17) is 0 Å². The molecule has 1 aliphatic heterocycles. The minimum Gasteiger partial charge on any atom is -0.476 e. The number of aromatic carboxylic acids is 1. The van der Waals surface area contributed by atoms with Crippen molar-refractivity contribution in [2.75, 3.05) is 13.1 Å². The van der Waals surface area contributed by atoms with Gasteiger partial charge in [0.2, 0.25) is 0 Å². The number of aromatic nitrogens is 2. The number of hydrogen-bond donors (Lipinski definition) is 1. The number of carbonyl (C=O) groups is 2. The molecule has 1 aromatic heterocycles. The van der Waals surface area contributed by atoms with Gasteiger partial charge in [0.25, 0.3) is 11.5 Å². The van der Waals surface area contributed by atoms with Crippen molar-refractivity contribution in [3.8, 4) is 0 Å². The number of fused-ring (bicyclic) bond motifs is 1. The van der Waals surface area contributed by atoms with Crippen LogP contribution in [0.15, 0.2) is 59.4 Å². The molecule has 0 saturated carbocycles. The summed E-state index contributed by atoms with van der Waals surface area (Å²) in [5.41, 5.74) is -0.132. The fourth-order valence-electron chi connectivity index (χ4n) is 3.67. The van der Waals surface area contributed by atoms with Crippen LogP contribution in [0.2, 0.25) is 0 Å². The fourth-order valence-corrected chi connectivity index (χ4v) is 3.67. The van der Waals surface area contributed by atoms with Gasteiger partial charge in [0.15, 0.2) is 11.7 Å². The predicted octanol–water partition coefficient (Wildman–Crippen LogP) is 2.31. The third kappa shape index (κ3) is 3.05. The van der Waals surface area contributed by atoms with Crippen molar-refractivity contribution in [3.63, 3.8) is 0 Å². The Bertz CT molecular complexity index is 1100. The number of hydrogen-bond acceptors (Lipinski definition) is 4. The number of carboxylic acids is 1. The Kier molecular flexibility index (Phi) is 4.65. The van der Waals surface area contributed by atoms with E-state index in [-0.39, 0.29) is 22.4 Å². The molecule has 2 heterocycles. The number of carboxylic acid groups (broad SMARTS) is 1. The molecule has 7 heteroatoms. The van der Waals surface area contributed by atoms with Gasteiger partial charge in [-0.2, -0.15) is 5.10 Å². The molecule has 4 rings (SSSR count). The lowest BCUT2D eigenvalue weighted by Gasteiger charge is -2.25. The molecule has 0 aliphatic carbocycles. The average Bonchev–Trinajstić information content (AvgIpc) is 3.25. The molecule has 1 amide bonds. The Morgan fingerprint density at radius 3 is 2.18 bits per heavy atom. The second-order valence-corrected chi connectivity index (χ2v) is 6.79. The van der Waals surface area contributed by atoms with Gasteiger partial charge in [0.05, 0.1) is 5.39 Å². The molecule has 1 atom stereocenters. The second kappa shape index (κ2) is 7.26. The summed E-state index contributed by atoms with van der Waals surface area (Å²) in [5, 5.41) is 14.2. The van der Waals surface area contributed by atoms with Crippen LogP contribution in [0.3, 0.4) is 0 Å². The lowest BCUT2D eigenvalue weighted by atomic mass is 10.0. The van der Waals surface area contributed by atoms with E-state index >= 15 is 0 Å². The van der Waals surface area contributed by atoms with E-state index in [0.29, 0.717) is 18.7 Å². The van der Waals surface area contributed by atoms with E-state index in [0.717, 1.165) is 17.5 Å². The Labute approximate surface area is 160 Å². The van der Waals surface area contributed by atoms with Crippen LogP contribution in [0.5, 0.6) is 0 Å². The maximum absolute atomic E-state index is 13.3. The molecule has 142 valence electrons. The highest BCUT2D eigenvalue weighted by atomic mass is 16.4. The Hall–Kier alpha value is -3.48. The summed E-state index contributed by atoms with van der Waals surface area (Å²) in [4.78, 5) is 40.0. The molecular weight excluding hydrogens is 358 g/mol. The molecule has 28 heavy (non-hydrogen) atoms. The van der Waals surface area contributed by atoms with Gasteiger partial charge in [-0.3, -0.25) is 9.59 Å². The molecule has 0 radical (unpaired) electrons. The van der Waals surface area contributed by atoms with Crippen LogP contribution in [-0.2, 0) is 4.79 Å². The van der Waals surface area contributed by atoms with Gasteiger partial charge in [-0.15, -0.1) is 0 Å². The number of nitrogens with zero attached hydrogens (tertiary/aromatic N) is 3. The third-order valence-electron chi connectivity index (χ3n) is 5.04. The van der Waals surface area contributed by atoms with E-state index in [1.807, 2.05) is 6.07 Å². The second-order valence-electron chi connectivity index (χ2n) is 6.79. The van der Waals surface area contributed by atoms with E-state index in [9.17, 15) is 19.5 Å². The maximum atomic E-state index is 13.3. The Balaban J connectivity index is 1.97. The van der Waals surface area contributed by atoms with Crippen LogP contribution in [0, 0.1) is 0 Å². The largest absolute Gasteiger partial charge is 0.476 e. The molecule has 0 spiro atoms. The highest BCUT2D eigenvalue weighted by Gasteiger charge is 2.32. The smallest absolute Gasteiger partial charge is 0.357 e. The van der Waals surface area contributed by atoms with Gasteiger partial charge < -0.3 is 10.0 Å². The quantitative estimate of drug-likeness (QED) is 0.753. The predicted molar refractivity (Wildman–Crippen MR) is 103 cm³/mol.